The minimum atomic E-state index is -0.289. The molecule has 0 amide bonds. The molecule has 1 aromatic carbocycles. The Hall–Kier alpha value is -2.57. The molecule has 0 atom stereocenters. The van der Waals surface area contributed by atoms with E-state index in [1.165, 1.54) is 17.1 Å². The quantitative estimate of drug-likeness (QED) is 0.726. The van der Waals surface area contributed by atoms with E-state index >= 15 is 0 Å². The molecular weight excluding hydrogens is 235 g/mol. The Morgan fingerprint density at radius 3 is 2.89 bits per heavy atom. The van der Waals surface area contributed by atoms with Gasteiger partial charge in [0.15, 0.2) is 17.0 Å². The third kappa shape index (κ3) is 1.65. The molecule has 0 aliphatic rings. The molecule has 3 aromatic rings. The normalized spacial score (nSPS) is 10.9. The summed E-state index contributed by atoms with van der Waals surface area (Å²) in [4.78, 5) is 7.87. The fourth-order valence-corrected chi connectivity index (χ4v) is 1.70. The van der Waals surface area contributed by atoms with Crippen molar-refractivity contribution < 1.29 is 4.39 Å². The second kappa shape index (κ2) is 4.02. The van der Waals surface area contributed by atoms with Crippen molar-refractivity contribution in [2.75, 3.05) is 5.73 Å². The number of hydrogen-bond donors (Lipinski definition) is 1. The summed E-state index contributed by atoms with van der Waals surface area (Å²) in [6.07, 6.45) is 1.33. The zero-order valence-electron chi connectivity index (χ0n) is 9.29. The van der Waals surface area contributed by atoms with Crippen molar-refractivity contribution in [3.8, 4) is 0 Å². The summed E-state index contributed by atoms with van der Waals surface area (Å²) in [5.74, 6) is -0.0250. The first kappa shape index (κ1) is 10.6. The number of nitrogen functional groups attached to an aromatic ring is 1. The van der Waals surface area contributed by atoms with E-state index in [1.807, 2.05) is 0 Å². The van der Waals surface area contributed by atoms with Gasteiger partial charge in [0.1, 0.15) is 12.1 Å². The Labute approximate surface area is 101 Å². The highest BCUT2D eigenvalue weighted by atomic mass is 19.1. The summed E-state index contributed by atoms with van der Waals surface area (Å²) >= 11 is 0. The van der Waals surface area contributed by atoms with Crippen molar-refractivity contribution in [1.29, 1.82) is 0 Å². The van der Waals surface area contributed by atoms with Gasteiger partial charge in [-0.05, 0) is 6.07 Å². The smallest absolute Gasteiger partial charge is 0.184 e. The summed E-state index contributed by atoms with van der Waals surface area (Å²) in [5.41, 5.74) is 7.08. The predicted molar refractivity (Wildman–Crippen MR) is 63.0 cm³/mol. The van der Waals surface area contributed by atoms with Crippen LogP contribution in [0.1, 0.15) is 5.56 Å². The van der Waals surface area contributed by atoms with Crippen LogP contribution in [-0.2, 0) is 6.54 Å². The third-order valence-electron chi connectivity index (χ3n) is 2.61. The Balaban J connectivity index is 2.06. The van der Waals surface area contributed by atoms with Gasteiger partial charge in [-0.1, -0.05) is 23.4 Å². The molecule has 3 rings (SSSR count). The number of nitrogens with two attached hydrogens (primary N) is 1. The lowest BCUT2D eigenvalue weighted by Gasteiger charge is -2.03. The molecule has 0 spiro atoms. The predicted octanol–water partition coefficient (Wildman–Crippen LogP) is 0.991. The molecule has 6 nitrogen and oxygen atoms in total. The van der Waals surface area contributed by atoms with Crippen LogP contribution in [0.15, 0.2) is 30.6 Å². The van der Waals surface area contributed by atoms with Crippen molar-refractivity contribution in [3.63, 3.8) is 0 Å². The van der Waals surface area contributed by atoms with E-state index in [-0.39, 0.29) is 18.2 Å². The van der Waals surface area contributed by atoms with Gasteiger partial charge in [0.05, 0.1) is 6.54 Å². The molecule has 2 aromatic heterocycles. The number of halogens is 1. The van der Waals surface area contributed by atoms with Crippen LogP contribution < -0.4 is 5.73 Å². The summed E-state index contributed by atoms with van der Waals surface area (Å²) in [5, 5.41) is 7.79. The lowest BCUT2D eigenvalue weighted by Crippen LogP contribution is -2.05. The molecule has 18 heavy (non-hydrogen) atoms. The van der Waals surface area contributed by atoms with Crippen LogP contribution >= 0.6 is 0 Å². The zero-order valence-corrected chi connectivity index (χ0v) is 9.29. The maximum atomic E-state index is 13.5. The molecular formula is C11H9FN6. The molecule has 0 fully saturated rings. The van der Waals surface area contributed by atoms with E-state index in [0.717, 1.165) is 0 Å². The third-order valence-corrected chi connectivity index (χ3v) is 2.61. The van der Waals surface area contributed by atoms with Gasteiger partial charge in [0.25, 0.3) is 0 Å². The fraction of sp³-hybridized carbons (Fsp3) is 0.0909. The van der Waals surface area contributed by atoms with E-state index in [1.54, 1.807) is 18.2 Å². The number of benzene rings is 1. The van der Waals surface area contributed by atoms with Gasteiger partial charge in [-0.15, -0.1) is 5.10 Å². The Morgan fingerprint density at radius 1 is 1.22 bits per heavy atom. The summed E-state index contributed by atoms with van der Waals surface area (Å²) in [6.45, 7) is 0.250. The van der Waals surface area contributed by atoms with E-state index in [0.29, 0.717) is 16.7 Å². The van der Waals surface area contributed by atoms with Crippen molar-refractivity contribution in [1.82, 2.24) is 25.0 Å². The standard InChI is InChI=1S/C11H9FN6/c12-8-4-2-1-3-7(8)5-18-11-9(16-17-18)10(13)14-6-15-11/h1-4,6H,5H2,(H2,13,14,15). The van der Waals surface area contributed by atoms with Gasteiger partial charge >= 0.3 is 0 Å². The van der Waals surface area contributed by atoms with Gasteiger partial charge in [0, 0.05) is 5.56 Å². The van der Waals surface area contributed by atoms with Crippen molar-refractivity contribution >= 4 is 17.0 Å². The number of hydrogen-bond acceptors (Lipinski definition) is 5. The van der Waals surface area contributed by atoms with Gasteiger partial charge in [-0.2, -0.15) is 0 Å². The average molecular weight is 244 g/mol. The Kier molecular flexibility index (Phi) is 2.36. The zero-order chi connectivity index (χ0) is 12.5. The molecule has 0 radical (unpaired) electrons. The molecule has 0 aliphatic carbocycles. The molecule has 2 heterocycles. The first-order chi connectivity index (χ1) is 8.75. The monoisotopic (exact) mass is 244 g/mol. The Morgan fingerprint density at radius 2 is 2.06 bits per heavy atom. The first-order valence-corrected chi connectivity index (χ1v) is 5.29. The molecule has 0 saturated carbocycles. The molecule has 0 unspecified atom stereocenters. The van der Waals surface area contributed by atoms with E-state index < -0.39 is 0 Å². The maximum Gasteiger partial charge on any atom is 0.184 e. The van der Waals surface area contributed by atoms with Crippen LogP contribution in [0.4, 0.5) is 10.2 Å². The van der Waals surface area contributed by atoms with Gasteiger partial charge in [-0.3, -0.25) is 0 Å². The number of rotatable bonds is 2. The molecule has 2 N–H and O–H groups in total. The fourth-order valence-electron chi connectivity index (χ4n) is 1.70. The van der Waals surface area contributed by atoms with Crippen LogP contribution in [-0.4, -0.2) is 25.0 Å². The Bertz CT molecular complexity index is 708. The van der Waals surface area contributed by atoms with E-state index in [2.05, 4.69) is 20.3 Å². The second-order valence-electron chi connectivity index (χ2n) is 3.77. The lowest BCUT2D eigenvalue weighted by molar-refractivity contribution is 0.582. The van der Waals surface area contributed by atoms with Gasteiger partial charge < -0.3 is 5.73 Å². The minimum absolute atomic E-state index is 0.250. The van der Waals surface area contributed by atoms with Crippen LogP contribution in [0, 0.1) is 5.82 Å². The van der Waals surface area contributed by atoms with E-state index in [4.69, 9.17) is 5.73 Å². The van der Waals surface area contributed by atoms with Crippen LogP contribution in [0.3, 0.4) is 0 Å². The largest absolute Gasteiger partial charge is 0.382 e. The number of nitrogens with zero attached hydrogens (tertiary/aromatic N) is 5. The highest BCUT2D eigenvalue weighted by molar-refractivity contribution is 5.80. The first-order valence-electron chi connectivity index (χ1n) is 5.29. The van der Waals surface area contributed by atoms with Crippen molar-refractivity contribution in [2.24, 2.45) is 0 Å². The van der Waals surface area contributed by atoms with Gasteiger partial charge in [-0.25, -0.2) is 19.0 Å². The molecule has 0 aliphatic heterocycles. The van der Waals surface area contributed by atoms with E-state index in [9.17, 15) is 4.39 Å². The van der Waals surface area contributed by atoms with Gasteiger partial charge in [0.2, 0.25) is 0 Å². The number of anilines is 1. The summed E-state index contributed by atoms with van der Waals surface area (Å²) in [7, 11) is 0. The van der Waals surface area contributed by atoms with Crippen molar-refractivity contribution in [3.05, 3.63) is 42.0 Å². The topological polar surface area (TPSA) is 82.5 Å². The molecule has 90 valence electrons. The highest BCUT2D eigenvalue weighted by Crippen LogP contribution is 2.15. The second-order valence-corrected chi connectivity index (χ2v) is 3.77. The lowest BCUT2D eigenvalue weighted by atomic mass is 10.2. The summed E-state index contributed by atoms with van der Waals surface area (Å²) in [6, 6.07) is 6.49. The minimum Gasteiger partial charge on any atom is -0.382 e. The number of aromatic nitrogens is 5. The molecule has 7 heteroatoms. The average Bonchev–Trinajstić information content (AvgIpc) is 2.77. The summed E-state index contributed by atoms with van der Waals surface area (Å²) < 4.78 is 15.0. The molecule has 0 bridgehead atoms. The van der Waals surface area contributed by atoms with Crippen molar-refractivity contribution in [2.45, 2.75) is 6.54 Å². The highest BCUT2D eigenvalue weighted by Gasteiger charge is 2.11. The van der Waals surface area contributed by atoms with Crippen LogP contribution in [0.5, 0.6) is 0 Å². The maximum absolute atomic E-state index is 13.5. The number of fused-ring (bicyclic) bond motifs is 1. The van der Waals surface area contributed by atoms with Crippen LogP contribution in [0.2, 0.25) is 0 Å². The SMILES string of the molecule is Nc1ncnc2c1nnn2Cc1ccccc1F. The van der Waals surface area contributed by atoms with Crippen LogP contribution in [0.25, 0.3) is 11.2 Å². The molecule has 0 saturated heterocycles.